The quantitative estimate of drug-likeness (QED) is 0.807. The van der Waals surface area contributed by atoms with Crippen LogP contribution in [0.1, 0.15) is 56.9 Å². The molecule has 1 aromatic carbocycles. The molecule has 0 spiro atoms. The Hall–Kier alpha value is -0.900. The highest BCUT2D eigenvalue weighted by molar-refractivity contribution is 5.19. The van der Waals surface area contributed by atoms with Crippen molar-refractivity contribution in [3.63, 3.8) is 0 Å². The van der Waals surface area contributed by atoms with Gasteiger partial charge in [0.15, 0.2) is 0 Å². The van der Waals surface area contributed by atoms with E-state index < -0.39 is 0 Å². The first-order valence-corrected chi connectivity index (χ1v) is 9.34. The zero-order valence-electron chi connectivity index (χ0n) is 15.2. The van der Waals surface area contributed by atoms with Crippen LogP contribution in [0.2, 0.25) is 0 Å². The predicted molar refractivity (Wildman–Crippen MR) is 102 cm³/mol. The maximum Gasteiger partial charge on any atom is 0.0102 e. The standard InChI is InChI=1S/C10H22N2.C10H15N/c1-12(8-7-11)9-10-5-3-2-4-6-10;1-2-9(8-11)10-6-4-3-5-7-10/h10H,2-9,11H2,1H3;3-7,9H,2,8,11H2,1H3. The first-order chi connectivity index (χ1) is 11.2. The molecule has 1 saturated carbocycles. The molecule has 0 aromatic heterocycles. The van der Waals surface area contributed by atoms with Crippen LogP contribution in [-0.2, 0) is 0 Å². The van der Waals surface area contributed by atoms with E-state index in [2.05, 4.69) is 43.1 Å². The van der Waals surface area contributed by atoms with Crippen molar-refractivity contribution in [2.24, 2.45) is 17.4 Å². The lowest BCUT2D eigenvalue weighted by atomic mass is 9.89. The van der Waals surface area contributed by atoms with Crippen molar-refractivity contribution in [2.75, 3.05) is 33.2 Å². The Morgan fingerprint density at radius 2 is 1.74 bits per heavy atom. The summed E-state index contributed by atoms with van der Waals surface area (Å²) in [6, 6.07) is 10.4. The van der Waals surface area contributed by atoms with Gasteiger partial charge in [0.05, 0.1) is 0 Å². The molecule has 1 aliphatic rings. The van der Waals surface area contributed by atoms with E-state index in [1.807, 2.05) is 6.07 Å². The number of rotatable bonds is 7. The van der Waals surface area contributed by atoms with Gasteiger partial charge >= 0.3 is 0 Å². The second-order valence-corrected chi connectivity index (χ2v) is 6.81. The largest absolute Gasteiger partial charge is 0.330 e. The third-order valence-electron chi connectivity index (χ3n) is 4.85. The number of hydrogen-bond acceptors (Lipinski definition) is 3. The Labute approximate surface area is 143 Å². The van der Waals surface area contributed by atoms with Gasteiger partial charge in [-0.1, -0.05) is 56.5 Å². The fraction of sp³-hybridized carbons (Fsp3) is 0.700. The van der Waals surface area contributed by atoms with Crippen LogP contribution in [0.5, 0.6) is 0 Å². The molecule has 0 radical (unpaired) electrons. The first-order valence-electron chi connectivity index (χ1n) is 9.34. The van der Waals surface area contributed by atoms with Gasteiger partial charge in [-0.2, -0.15) is 0 Å². The molecule has 1 aromatic rings. The van der Waals surface area contributed by atoms with E-state index in [0.717, 1.165) is 32.0 Å². The number of nitrogens with two attached hydrogens (primary N) is 2. The molecule has 1 fully saturated rings. The van der Waals surface area contributed by atoms with Crippen LogP contribution in [-0.4, -0.2) is 38.1 Å². The third-order valence-corrected chi connectivity index (χ3v) is 4.85. The van der Waals surface area contributed by atoms with Crippen LogP contribution in [0.4, 0.5) is 0 Å². The minimum Gasteiger partial charge on any atom is -0.330 e. The van der Waals surface area contributed by atoms with E-state index in [9.17, 15) is 0 Å². The molecule has 0 saturated heterocycles. The first kappa shape index (κ1) is 20.1. The molecule has 0 amide bonds. The number of nitrogens with zero attached hydrogens (tertiary/aromatic N) is 1. The molecule has 23 heavy (non-hydrogen) atoms. The molecule has 1 aliphatic carbocycles. The van der Waals surface area contributed by atoms with Crippen molar-refractivity contribution in [2.45, 2.75) is 51.4 Å². The number of hydrogen-bond donors (Lipinski definition) is 2. The SMILES string of the molecule is CCC(CN)c1ccccc1.CN(CCN)CC1CCCCC1. The van der Waals surface area contributed by atoms with Crippen molar-refractivity contribution in [3.8, 4) is 0 Å². The molecular weight excluding hydrogens is 282 g/mol. The van der Waals surface area contributed by atoms with Crippen molar-refractivity contribution < 1.29 is 0 Å². The Bertz CT molecular complexity index is 370. The number of likely N-dealkylation sites (N-methyl/N-ethyl adjacent to an activating group) is 1. The van der Waals surface area contributed by atoms with Crippen LogP contribution in [0.15, 0.2) is 30.3 Å². The van der Waals surface area contributed by atoms with Gasteiger partial charge < -0.3 is 16.4 Å². The molecule has 0 heterocycles. The van der Waals surface area contributed by atoms with Gasteiger partial charge in [0.2, 0.25) is 0 Å². The highest BCUT2D eigenvalue weighted by Gasteiger charge is 2.14. The van der Waals surface area contributed by atoms with Gasteiger partial charge in [-0.25, -0.2) is 0 Å². The molecule has 3 heteroatoms. The second-order valence-electron chi connectivity index (χ2n) is 6.81. The van der Waals surface area contributed by atoms with Crippen LogP contribution >= 0.6 is 0 Å². The monoisotopic (exact) mass is 319 g/mol. The van der Waals surface area contributed by atoms with E-state index in [1.165, 1.54) is 44.2 Å². The Kier molecular flexibility index (Phi) is 11.0. The predicted octanol–water partition coefficient (Wildman–Crippen LogP) is 3.60. The second kappa shape index (κ2) is 12.5. The minimum absolute atomic E-state index is 0.538. The van der Waals surface area contributed by atoms with E-state index in [4.69, 9.17) is 11.5 Å². The zero-order valence-corrected chi connectivity index (χ0v) is 15.2. The number of benzene rings is 1. The van der Waals surface area contributed by atoms with E-state index in [-0.39, 0.29) is 0 Å². The van der Waals surface area contributed by atoms with Crippen LogP contribution in [0.25, 0.3) is 0 Å². The fourth-order valence-corrected chi connectivity index (χ4v) is 3.39. The maximum atomic E-state index is 5.62. The van der Waals surface area contributed by atoms with Gasteiger partial charge in [0.1, 0.15) is 0 Å². The minimum atomic E-state index is 0.538. The molecule has 4 N–H and O–H groups in total. The molecule has 0 bridgehead atoms. The summed E-state index contributed by atoms with van der Waals surface area (Å²) in [5.41, 5.74) is 12.5. The lowest BCUT2D eigenvalue weighted by Crippen LogP contribution is -2.31. The maximum absolute atomic E-state index is 5.62. The summed E-state index contributed by atoms with van der Waals surface area (Å²) in [5, 5.41) is 0. The fourth-order valence-electron chi connectivity index (χ4n) is 3.39. The topological polar surface area (TPSA) is 55.3 Å². The summed E-state index contributed by atoms with van der Waals surface area (Å²) < 4.78 is 0. The molecule has 1 unspecified atom stereocenters. The van der Waals surface area contributed by atoms with Gasteiger partial charge in [-0.05, 0) is 50.3 Å². The van der Waals surface area contributed by atoms with Crippen LogP contribution in [0, 0.1) is 5.92 Å². The van der Waals surface area contributed by atoms with Gasteiger partial charge in [0, 0.05) is 19.6 Å². The van der Waals surface area contributed by atoms with E-state index in [1.54, 1.807) is 0 Å². The summed E-state index contributed by atoms with van der Waals surface area (Å²) in [6.07, 6.45) is 8.35. The van der Waals surface area contributed by atoms with E-state index >= 15 is 0 Å². The average molecular weight is 320 g/mol. The summed E-state index contributed by atoms with van der Waals surface area (Å²) in [4.78, 5) is 2.37. The van der Waals surface area contributed by atoms with Crippen molar-refractivity contribution in [3.05, 3.63) is 35.9 Å². The van der Waals surface area contributed by atoms with Gasteiger partial charge in [0.25, 0.3) is 0 Å². The van der Waals surface area contributed by atoms with Crippen molar-refractivity contribution >= 4 is 0 Å². The highest BCUT2D eigenvalue weighted by Crippen LogP contribution is 2.23. The summed E-state index contributed by atoms with van der Waals surface area (Å²) in [5.74, 6) is 1.49. The van der Waals surface area contributed by atoms with Crippen LogP contribution in [0.3, 0.4) is 0 Å². The normalized spacial score (nSPS) is 16.7. The van der Waals surface area contributed by atoms with Crippen molar-refractivity contribution in [1.82, 2.24) is 4.90 Å². The summed E-state index contributed by atoms with van der Waals surface area (Å²) in [6.45, 7) is 6.03. The molecule has 1 atom stereocenters. The Balaban J connectivity index is 0.000000231. The zero-order chi connectivity index (χ0) is 16.9. The molecular formula is C20H37N3. The average Bonchev–Trinajstić information content (AvgIpc) is 2.59. The molecule has 3 nitrogen and oxygen atoms in total. The molecule has 2 rings (SSSR count). The summed E-state index contributed by atoms with van der Waals surface area (Å²) >= 11 is 0. The molecule has 0 aliphatic heterocycles. The Morgan fingerprint density at radius 1 is 1.09 bits per heavy atom. The third kappa shape index (κ3) is 8.50. The lowest BCUT2D eigenvalue weighted by molar-refractivity contribution is 0.238. The molecule has 132 valence electrons. The Morgan fingerprint density at radius 3 is 2.26 bits per heavy atom. The van der Waals surface area contributed by atoms with Gasteiger partial charge in [-0.3, -0.25) is 0 Å². The van der Waals surface area contributed by atoms with Crippen LogP contribution < -0.4 is 11.5 Å². The van der Waals surface area contributed by atoms with Gasteiger partial charge in [-0.15, -0.1) is 0 Å². The highest BCUT2D eigenvalue weighted by atomic mass is 15.1. The lowest BCUT2D eigenvalue weighted by Gasteiger charge is -2.26. The smallest absolute Gasteiger partial charge is 0.0102 e. The summed E-state index contributed by atoms with van der Waals surface area (Å²) in [7, 11) is 2.18. The van der Waals surface area contributed by atoms with E-state index in [0.29, 0.717) is 5.92 Å². The van der Waals surface area contributed by atoms with Crippen molar-refractivity contribution in [1.29, 1.82) is 0 Å².